The summed E-state index contributed by atoms with van der Waals surface area (Å²) in [5.41, 5.74) is -0.110. The van der Waals surface area contributed by atoms with Crippen molar-refractivity contribution in [1.29, 1.82) is 0 Å². The number of amides is 1. The second kappa shape index (κ2) is 5.31. The Morgan fingerprint density at radius 2 is 2.05 bits per heavy atom. The Labute approximate surface area is 116 Å². The van der Waals surface area contributed by atoms with Crippen molar-refractivity contribution in [2.45, 2.75) is 76.5 Å². The number of ether oxygens (including phenoxy) is 1. The van der Waals surface area contributed by atoms with Crippen LogP contribution < -0.4 is 5.32 Å². The van der Waals surface area contributed by atoms with Crippen LogP contribution in [0.4, 0.5) is 4.79 Å². The van der Waals surface area contributed by atoms with Crippen LogP contribution >= 0.6 is 0 Å². The van der Waals surface area contributed by atoms with Crippen molar-refractivity contribution in [3.8, 4) is 0 Å². The van der Waals surface area contributed by atoms with Crippen molar-refractivity contribution >= 4 is 6.09 Å². The average Bonchev–Trinajstić information content (AvgIpc) is 3.08. The van der Waals surface area contributed by atoms with Gasteiger partial charge in [-0.2, -0.15) is 0 Å². The number of likely N-dealkylation sites (tertiary alicyclic amines) is 1. The molecule has 0 aromatic heterocycles. The van der Waals surface area contributed by atoms with Crippen LogP contribution in [0.2, 0.25) is 0 Å². The summed E-state index contributed by atoms with van der Waals surface area (Å²) in [7, 11) is 2.04. The van der Waals surface area contributed by atoms with E-state index in [1.165, 1.54) is 19.3 Å². The average molecular weight is 268 g/mol. The molecule has 1 unspecified atom stereocenters. The van der Waals surface area contributed by atoms with Gasteiger partial charge in [0.1, 0.15) is 5.60 Å². The topological polar surface area (TPSA) is 41.6 Å². The van der Waals surface area contributed by atoms with Gasteiger partial charge in [0.15, 0.2) is 0 Å². The molecule has 2 aliphatic rings. The molecule has 1 aliphatic carbocycles. The molecule has 1 aliphatic heterocycles. The van der Waals surface area contributed by atoms with Crippen molar-refractivity contribution < 1.29 is 9.53 Å². The summed E-state index contributed by atoms with van der Waals surface area (Å²) in [6.45, 7) is 6.64. The van der Waals surface area contributed by atoms with Gasteiger partial charge in [-0.25, -0.2) is 4.79 Å². The summed E-state index contributed by atoms with van der Waals surface area (Å²) in [5, 5.41) is 3.43. The van der Waals surface area contributed by atoms with E-state index >= 15 is 0 Å². The van der Waals surface area contributed by atoms with E-state index in [0.717, 1.165) is 25.8 Å². The minimum atomic E-state index is -0.403. The molecule has 2 fully saturated rings. The Balaban J connectivity index is 1.97. The summed E-state index contributed by atoms with van der Waals surface area (Å²) in [4.78, 5) is 14.3. The van der Waals surface area contributed by atoms with Gasteiger partial charge in [-0.1, -0.05) is 0 Å². The van der Waals surface area contributed by atoms with Crippen LogP contribution in [0.3, 0.4) is 0 Å². The molecule has 4 nitrogen and oxygen atoms in total. The highest BCUT2D eigenvalue weighted by Gasteiger charge is 2.45. The Morgan fingerprint density at radius 3 is 2.58 bits per heavy atom. The second-order valence-corrected chi connectivity index (χ2v) is 7.06. The molecule has 0 bridgehead atoms. The second-order valence-electron chi connectivity index (χ2n) is 7.06. The quantitative estimate of drug-likeness (QED) is 0.855. The van der Waals surface area contributed by atoms with Crippen molar-refractivity contribution in [3.05, 3.63) is 0 Å². The van der Waals surface area contributed by atoms with E-state index in [2.05, 4.69) is 5.32 Å². The maximum Gasteiger partial charge on any atom is 0.410 e. The molecule has 0 radical (unpaired) electrons. The normalized spacial score (nSPS) is 26.1. The molecule has 110 valence electrons. The Hall–Kier alpha value is -0.770. The lowest BCUT2D eigenvalue weighted by atomic mass is 9.95. The minimum Gasteiger partial charge on any atom is -0.444 e. The van der Waals surface area contributed by atoms with E-state index in [4.69, 9.17) is 4.74 Å². The third-order valence-electron chi connectivity index (χ3n) is 4.27. The Morgan fingerprint density at radius 1 is 1.37 bits per heavy atom. The molecule has 2 rings (SSSR count). The highest BCUT2D eigenvalue weighted by atomic mass is 16.6. The van der Waals surface area contributed by atoms with Crippen LogP contribution in [-0.4, -0.2) is 41.8 Å². The Kier molecular flexibility index (Phi) is 4.09. The van der Waals surface area contributed by atoms with Crippen LogP contribution in [0.15, 0.2) is 0 Å². The fraction of sp³-hybridized carbons (Fsp3) is 0.933. The maximum atomic E-state index is 12.3. The van der Waals surface area contributed by atoms with Gasteiger partial charge >= 0.3 is 6.09 Å². The van der Waals surface area contributed by atoms with Crippen LogP contribution in [0.1, 0.15) is 59.3 Å². The molecule has 1 N–H and O–H groups in total. The third kappa shape index (κ3) is 3.85. The molecule has 19 heavy (non-hydrogen) atoms. The molecule has 1 saturated heterocycles. The first kappa shape index (κ1) is 14.6. The fourth-order valence-electron chi connectivity index (χ4n) is 2.93. The number of nitrogens with one attached hydrogen (secondary N) is 1. The molecule has 4 heteroatoms. The zero-order chi connectivity index (χ0) is 14.1. The zero-order valence-electron chi connectivity index (χ0n) is 12.8. The van der Waals surface area contributed by atoms with Gasteiger partial charge in [0.2, 0.25) is 0 Å². The highest BCUT2D eigenvalue weighted by Crippen LogP contribution is 2.41. The lowest BCUT2D eigenvalue weighted by molar-refractivity contribution is 0.00737. The van der Waals surface area contributed by atoms with Gasteiger partial charge in [-0.3, -0.25) is 0 Å². The van der Waals surface area contributed by atoms with Crippen molar-refractivity contribution in [2.24, 2.45) is 0 Å². The van der Waals surface area contributed by atoms with Crippen LogP contribution in [0.25, 0.3) is 0 Å². The van der Waals surface area contributed by atoms with E-state index in [9.17, 15) is 4.79 Å². The van der Waals surface area contributed by atoms with Crippen LogP contribution in [0.5, 0.6) is 0 Å². The van der Waals surface area contributed by atoms with Gasteiger partial charge in [0.25, 0.3) is 0 Å². The zero-order valence-corrected chi connectivity index (χ0v) is 12.8. The molecular formula is C15H28N2O2. The summed E-state index contributed by atoms with van der Waals surface area (Å²) < 4.78 is 5.54. The predicted octanol–water partition coefficient (Wildman–Crippen LogP) is 2.92. The van der Waals surface area contributed by atoms with Crippen LogP contribution in [-0.2, 0) is 4.74 Å². The lowest BCUT2D eigenvalue weighted by Crippen LogP contribution is -2.49. The SMILES string of the molecule is CNC1(CC2CCCCN2C(=O)OC(C)(C)C)CC1. The van der Waals surface area contributed by atoms with Gasteiger partial charge in [0.05, 0.1) is 0 Å². The van der Waals surface area contributed by atoms with E-state index in [1.807, 2.05) is 32.7 Å². The fourth-order valence-corrected chi connectivity index (χ4v) is 2.93. The number of hydrogen-bond donors (Lipinski definition) is 1. The van der Waals surface area contributed by atoms with Crippen molar-refractivity contribution in [2.75, 3.05) is 13.6 Å². The number of hydrogen-bond acceptors (Lipinski definition) is 3. The van der Waals surface area contributed by atoms with Crippen LogP contribution in [0, 0.1) is 0 Å². The smallest absolute Gasteiger partial charge is 0.410 e. The predicted molar refractivity (Wildman–Crippen MR) is 76.2 cm³/mol. The first-order chi connectivity index (χ1) is 8.85. The van der Waals surface area contributed by atoms with E-state index in [-0.39, 0.29) is 6.09 Å². The number of carbonyl (C=O) groups excluding carboxylic acids is 1. The first-order valence-corrected chi connectivity index (χ1v) is 7.54. The van der Waals surface area contributed by atoms with E-state index < -0.39 is 5.60 Å². The van der Waals surface area contributed by atoms with E-state index in [1.54, 1.807) is 0 Å². The number of rotatable bonds is 3. The molecule has 1 amide bonds. The first-order valence-electron chi connectivity index (χ1n) is 7.54. The van der Waals surface area contributed by atoms with Gasteiger partial charge in [0, 0.05) is 18.1 Å². The number of carbonyl (C=O) groups is 1. The molecule has 1 atom stereocenters. The molecule has 0 aromatic rings. The van der Waals surface area contributed by atoms with Gasteiger partial charge in [-0.05, 0) is 66.3 Å². The maximum absolute atomic E-state index is 12.3. The summed E-state index contributed by atoms with van der Waals surface area (Å²) >= 11 is 0. The monoisotopic (exact) mass is 268 g/mol. The van der Waals surface area contributed by atoms with E-state index in [0.29, 0.717) is 11.6 Å². The summed E-state index contributed by atoms with van der Waals surface area (Å²) in [6, 6.07) is 0.346. The molecule has 0 aromatic carbocycles. The van der Waals surface area contributed by atoms with Gasteiger partial charge < -0.3 is 15.0 Å². The van der Waals surface area contributed by atoms with Crippen molar-refractivity contribution in [3.63, 3.8) is 0 Å². The largest absolute Gasteiger partial charge is 0.444 e. The molecule has 1 heterocycles. The highest BCUT2D eigenvalue weighted by molar-refractivity contribution is 5.68. The lowest BCUT2D eigenvalue weighted by Gasteiger charge is -2.38. The van der Waals surface area contributed by atoms with Crippen molar-refractivity contribution in [1.82, 2.24) is 10.2 Å². The van der Waals surface area contributed by atoms with Gasteiger partial charge in [-0.15, -0.1) is 0 Å². The Bertz CT molecular complexity index is 332. The minimum absolute atomic E-state index is 0.135. The summed E-state index contributed by atoms with van der Waals surface area (Å²) in [6.07, 6.45) is 6.85. The molecule has 0 spiro atoms. The third-order valence-corrected chi connectivity index (χ3v) is 4.27. The molecule has 1 saturated carbocycles. The molecular weight excluding hydrogens is 240 g/mol. The number of nitrogens with zero attached hydrogens (tertiary/aromatic N) is 1. The number of piperidine rings is 1. The summed E-state index contributed by atoms with van der Waals surface area (Å²) in [5.74, 6) is 0. The standard InChI is InChI=1S/C15H28N2O2/c1-14(2,3)19-13(18)17-10-6-5-7-12(17)11-15(16-4)8-9-15/h12,16H,5-11H2,1-4H3.